The van der Waals surface area contributed by atoms with Crippen molar-refractivity contribution < 1.29 is 35.5 Å². The number of hydrogen-bond acceptors (Lipinski definition) is 1. The smallest absolute Gasteiger partial charge is 0.422 e. The van der Waals surface area contributed by atoms with Crippen molar-refractivity contribution in [2.24, 2.45) is 0 Å². The molecule has 0 radical (unpaired) electrons. The fourth-order valence-electron chi connectivity index (χ4n) is 1.09. The number of hydrogen-bond donors (Lipinski definition) is 0. The van der Waals surface area contributed by atoms with Crippen molar-refractivity contribution in [2.45, 2.75) is 19.2 Å². The minimum Gasteiger partial charge on any atom is -0.433 e. The van der Waals surface area contributed by atoms with E-state index in [0.717, 1.165) is 0 Å². The van der Waals surface area contributed by atoms with Gasteiger partial charge in [0.1, 0.15) is 22.9 Å². The highest BCUT2D eigenvalue weighted by atomic mass is 19.4. The molecular weight excluding hydrogens is 257 g/mol. The van der Waals surface area contributed by atoms with Crippen LogP contribution in [0.3, 0.4) is 0 Å². The van der Waals surface area contributed by atoms with Crippen LogP contribution in [0.15, 0.2) is 12.1 Å². The molecule has 0 spiro atoms. The van der Waals surface area contributed by atoms with Gasteiger partial charge in [-0.15, -0.1) is 0 Å². The summed E-state index contributed by atoms with van der Waals surface area (Å²) in [6.07, 6.45) is -9.00. The first kappa shape index (κ1) is 13.6. The second-order valence-corrected chi connectivity index (χ2v) is 3.17. The lowest BCUT2D eigenvalue weighted by molar-refractivity contribution is -0.159. The van der Waals surface area contributed by atoms with Gasteiger partial charge in [-0.3, -0.25) is 0 Å². The lowest BCUT2D eigenvalue weighted by Crippen LogP contribution is -2.20. The molecule has 96 valence electrons. The number of ether oxygens (including phenoxy) is 1. The van der Waals surface area contributed by atoms with Crippen LogP contribution >= 0.6 is 0 Å². The van der Waals surface area contributed by atoms with Gasteiger partial charge in [-0.25, -0.2) is 8.78 Å². The monoisotopic (exact) mass is 262 g/mol. The van der Waals surface area contributed by atoms with E-state index in [4.69, 9.17) is 0 Å². The van der Waals surface area contributed by atoms with Gasteiger partial charge < -0.3 is 4.74 Å². The standard InChI is InChI=1S/C9H5F7O/c1-8(12,13)17-4-2-5(10)7(6(11)3-4)9(14,15)16/h2-3H,1H3. The molecule has 0 amide bonds. The molecule has 0 aliphatic carbocycles. The van der Waals surface area contributed by atoms with E-state index in [1.54, 1.807) is 0 Å². The Morgan fingerprint density at radius 1 is 0.941 bits per heavy atom. The zero-order chi connectivity index (χ0) is 13.4. The Hall–Kier alpha value is -1.47. The molecule has 8 heteroatoms. The maximum absolute atomic E-state index is 12.9. The number of rotatable bonds is 2. The van der Waals surface area contributed by atoms with Crippen LogP contribution in [0.4, 0.5) is 30.7 Å². The molecule has 1 aromatic carbocycles. The van der Waals surface area contributed by atoms with E-state index in [2.05, 4.69) is 4.74 Å². The minimum absolute atomic E-state index is 0.0450. The van der Waals surface area contributed by atoms with Crippen LogP contribution < -0.4 is 4.74 Å². The van der Waals surface area contributed by atoms with Crippen molar-refractivity contribution in [3.63, 3.8) is 0 Å². The molecule has 0 unspecified atom stereocenters. The molecule has 0 saturated carbocycles. The third kappa shape index (κ3) is 3.50. The molecule has 0 atom stereocenters. The summed E-state index contributed by atoms with van der Waals surface area (Å²) in [5, 5.41) is 0. The summed E-state index contributed by atoms with van der Waals surface area (Å²) in [5.74, 6) is -5.06. The average molecular weight is 262 g/mol. The predicted molar refractivity (Wildman–Crippen MR) is 42.6 cm³/mol. The van der Waals surface area contributed by atoms with Crippen LogP contribution in [0.5, 0.6) is 5.75 Å². The molecule has 0 saturated heterocycles. The van der Waals surface area contributed by atoms with Gasteiger partial charge in [-0.05, 0) is 0 Å². The molecule has 0 aliphatic rings. The van der Waals surface area contributed by atoms with Crippen LogP contribution in [0.2, 0.25) is 0 Å². The summed E-state index contributed by atoms with van der Waals surface area (Å²) < 4.78 is 90.5. The molecule has 0 N–H and O–H groups in total. The highest BCUT2D eigenvalue weighted by molar-refractivity contribution is 5.32. The number of halogens is 7. The van der Waals surface area contributed by atoms with Gasteiger partial charge in [0.25, 0.3) is 0 Å². The van der Waals surface area contributed by atoms with E-state index in [0.29, 0.717) is 0 Å². The van der Waals surface area contributed by atoms with E-state index in [-0.39, 0.29) is 19.1 Å². The zero-order valence-corrected chi connectivity index (χ0v) is 8.21. The molecule has 17 heavy (non-hydrogen) atoms. The largest absolute Gasteiger partial charge is 0.433 e. The van der Waals surface area contributed by atoms with Crippen LogP contribution in [0.1, 0.15) is 12.5 Å². The molecule has 0 heterocycles. The van der Waals surface area contributed by atoms with Crippen molar-refractivity contribution in [3.05, 3.63) is 29.3 Å². The third-order valence-electron chi connectivity index (χ3n) is 1.60. The Morgan fingerprint density at radius 2 is 1.35 bits per heavy atom. The number of alkyl halides is 5. The molecule has 0 bridgehead atoms. The number of benzene rings is 1. The van der Waals surface area contributed by atoms with Crippen molar-refractivity contribution >= 4 is 0 Å². The van der Waals surface area contributed by atoms with Crippen molar-refractivity contribution in [1.82, 2.24) is 0 Å². The fourth-order valence-corrected chi connectivity index (χ4v) is 1.09. The molecular formula is C9H5F7O. The Kier molecular flexibility index (Phi) is 3.26. The van der Waals surface area contributed by atoms with Crippen molar-refractivity contribution in [2.75, 3.05) is 0 Å². The first-order valence-electron chi connectivity index (χ1n) is 4.14. The predicted octanol–water partition coefficient (Wildman–Crippen LogP) is 3.98. The van der Waals surface area contributed by atoms with Gasteiger partial charge in [0, 0.05) is 19.1 Å². The van der Waals surface area contributed by atoms with E-state index >= 15 is 0 Å². The van der Waals surface area contributed by atoms with Crippen LogP contribution in [0.25, 0.3) is 0 Å². The molecule has 1 aromatic rings. The van der Waals surface area contributed by atoms with E-state index in [9.17, 15) is 30.7 Å². The highest BCUT2D eigenvalue weighted by Crippen LogP contribution is 2.36. The van der Waals surface area contributed by atoms with Gasteiger partial charge in [0.2, 0.25) is 0 Å². The lowest BCUT2D eigenvalue weighted by Gasteiger charge is -2.15. The topological polar surface area (TPSA) is 9.23 Å². The SMILES string of the molecule is CC(F)(F)Oc1cc(F)c(C(F)(F)F)c(F)c1. The Morgan fingerprint density at radius 3 is 1.65 bits per heavy atom. The Balaban J connectivity index is 3.19. The maximum Gasteiger partial charge on any atom is 0.422 e. The van der Waals surface area contributed by atoms with Crippen molar-refractivity contribution in [3.8, 4) is 5.75 Å². The fraction of sp³-hybridized carbons (Fsp3) is 0.333. The van der Waals surface area contributed by atoms with Crippen LogP contribution in [0, 0.1) is 11.6 Å². The second kappa shape index (κ2) is 4.08. The lowest BCUT2D eigenvalue weighted by atomic mass is 10.2. The summed E-state index contributed by atoms with van der Waals surface area (Å²) in [4.78, 5) is 0. The average Bonchev–Trinajstić information content (AvgIpc) is 1.94. The maximum atomic E-state index is 12.9. The van der Waals surface area contributed by atoms with E-state index in [1.165, 1.54) is 0 Å². The summed E-state index contributed by atoms with van der Waals surface area (Å²) in [6.45, 7) is 0.278. The summed E-state index contributed by atoms with van der Waals surface area (Å²) in [6, 6.07) is 0.0899. The molecule has 1 nitrogen and oxygen atoms in total. The van der Waals surface area contributed by atoms with Gasteiger partial charge in [-0.1, -0.05) is 0 Å². The quantitative estimate of drug-likeness (QED) is 0.732. The molecule has 1 rings (SSSR count). The van der Waals surface area contributed by atoms with Gasteiger partial charge in [-0.2, -0.15) is 22.0 Å². The first-order chi connectivity index (χ1) is 7.50. The molecule has 0 aliphatic heterocycles. The van der Waals surface area contributed by atoms with Crippen LogP contribution in [-0.2, 0) is 6.18 Å². The van der Waals surface area contributed by atoms with Crippen molar-refractivity contribution in [1.29, 1.82) is 0 Å². The minimum atomic E-state index is -5.25. The summed E-state index contributed by atoms with van der Waals surface area (Å²) in [7, 11) is 0. The normalized spacial score (nSPS) is 12.7. The van der Waals surface area contributed by atoms with Gasteiger partial charge in [0.05, 0.1) is 0 Å². The molecule has 0 fully saturated rings. The van der Waals surface area contributed by atoms with E-state index < -0.39 is 35.2 Å². The molecule has 0 aromatic heterocycles. The Bertz CT molecular complexity index is 395. The van der Waals surface area contributed by atoms with Crippen LogP contribution in [-0.4, -0.2) is 6.11 Å². The third-order valence-corrected chi connectivity index (χ3v) is 1.60. The summed E-state index contributed by atoms with van der Waals surface area (Å²) in [5.41, 5.74) is -2.15. The van der Waals surface area contributed by atoms with Gasteiger partial charge in [0.15, 0.2) is 0 Å². The van der Waals surface area contributed by atoms with E-state index in [1.807, 2.05) is 0 Å². The summed E-state index contributed by atoms with van der Waals surface area (Å²) >= 11 is 0. The highest BCUT2D eigenvalue weighted by Gasteiger charge is 2.38. The second-order valence-electron chi connectivity index (χ2n) is 3.17. The zero-order valence-electron chi connectivity index (χ0n) is 8.21. The Labute approximate surface area is 90.8 Å². The first-order valence-corrected chi connectivity index (χ1v) is 4.14. The van der Waals surface area contributed by atoms with Gasteiger partial charge >= 0.3 is 12.3 Å².